The van der Waals surface area contributed by atoms with Crippen molar-refractivity contribution in [3.63, 3.8) is 0 Å². The standard InChI is InChI=1S/C14H26N2O/c1-2-17-13-8-11(9-13)10-14(16-15)12-6-4-3-5-7-12/h6,11,13-14,16H,2-5,7-10,15H2,1H3. The number of nitrogens with two attached hydrogens (primary N) is 1. The predicted molar refractivity (Wildman–Crippen MR) is 70.4 cm³/mol. The van der Waals surface area contributed by atoms with Gasteiger partial charge >= 0.3 is 0 Å². The van der Waals surface area contributed by atoms with Gasteiger partial charge in [0.2, 0.25) is 0 Å². The monoisotopic (exact) mass is 238 g/mol. The van der Waals surface area contributed by atoms with Crippen LogP contribution in [0.1, 0.15) is 51.9 Å². The van der Waals surface area contributed by atoms with E-state index in [2.05, 4.69) is 18.4 Å². The van der Waals surface area contributed by atoms with Crippen molar-refractivity contribution in [3.05, 3.63) is 11.6 Å². The van der Waals surface area contributed by atoms with Crippen LogP contribution in [0.25, 0.3) is 0 Å². The van der Waals surface area contributed by atoms with Gasteiger partial charge in [0.05, 0.1) is 6.10 Å². The molecule has 3 heteroatoms. The number of nitrogens with one attached hydrogen (secondary N) is 1. The molecule has 1 unspecified atom stereocenters. The Morgan fingerprint density at radius 3 is 2.88 bits per heavy atom. The summed E-state index contributed by atoms with van der Waals surface area (Å²) in [5.74, 6) is 6.50. The number of hydrogen-bond acceptors (Lipinski definition) is 3. The van der Waals surface area contributed by atoms with Crippen LogP contribution in [0.15, 0.2) is 11.6 Å². The highest BCUT2D eigenvalue weighted by Gasteiger charge is 2.32. The molecule has 2 rings (SSSR count). The number of allylic oxidation sites excluding steroid dienone is 1. The summed E-state index contributed by atoms with van der Waals surface area (Å²) in [6, 6.07) is 0.405. The summed E-state index contributed by atoms with van der Waals surface area (Å²) in [7, 11) is 0. The molecule has 17 heavy (non-hydrogen) atoms. The van der Waals surface area contributed by atoms with Gasteiger partial charge in [-0.2, -0.15) is 0 Å². The Morgan fingerprint density at radius 1 is 1.47 bits per heavy atom. The molecule has 2 aliphatic carbocycles. The van der Waals surface area contributed by atoms with Crippen molar-refractivity contribution in [2.45, 2.75) is 64.0 Å². The molecule has 0 aromatic heterocycles. The fourth-order valence-corrected chi connectivity index (χ4v) is 3.08. The minimum Gasteiger partial charge on any atom is -0.378 e. The zero-order valence-corrected chi connectivity index (χ0v) is 11.0. The van der Waals surface area contributed by atoms with Crippen molar-refractivity contribution in [1.82, 2.24) is 5.43 Å². The first-order valence-electron chi connectivity index (χ1n) is 7.10. The minimum atomic E-state index is 0.405. The highest BCUT2D eigenvalue weighted by Crippen LogP contribution is 2.35. The predicted octanol–water partition coefficient (Wildman–Crippen LogP) is 2.52. The first-order chi connectivity index (χ1) is 8.33. The van der Waals surface area contributed by atoms with Gasteiger partial charge in [0.15, 0.2) is 0 Å². The Kier molecular flexibility index (Phi) is 5.01. The van der Waals surface area contributed by atoms with Gasteiger partial charge in [-0.1, -0.05) is 11.6 Å². The fourth-order valence-electron chi connectivity index (χ4n) is 3.08. The van der Waals surface area contributed by atoms with Gasteiger partial charge in [0.1, 0.15) is 0 Å². The molecule has 0 spiro atoms. The summed E-state index contributed by atoms with van der Waals surface area (Å²) < 4.78 is 5.60. The van der Waals surface area contributed by atoms with E-state index in [0.29, 0.717) is 12.1 Å². The van der Waals surface area contributed by atoms with Gasteiger partial charge in [0.25, 0.3) is 0 Å². The van der Waals surface area contributed by atoms with Gasteiger partial charge in [-0.15, -0.1) is 0 Å². The van der Waals surface area contributed by atoms with E-state index in [1.807, 2.05) is 0 Å². The smallest absolute Gasteiger partial charge is 0.0580 e. The number of hydrazine groups is 1. The molecule has 0 saturated heterocycles. The molecule has 3 nitrogen and oxygen atoms in total. The van der Waals surface area contributed by atoms with Crippen molar-refractivity contribution < 1.29 is 4.74 Å². The van der Waals surface area contributed by atoms with Crippen molar-refractivity contribution >= 4 is 0 Å². The van der Waals surface area contributed by atoms with Crippen LogP contribution in [0.2, 0.25) is 0 Å². The third-order valence-electron chi connectivity index (χ3n) is 4.14. The lowest BCUT2D eigenvalue weighted by Gasteiger charge is -2.37. The highest BCUT2D eigenvalue weighted by atomic mass is 16.5. The van der Waals surface area contributed by atoms with Crippen molar-refractivity contribution in [1.29, 1.82) is 0 Å². The Morgan fingerprint density at radius 2 is 2.29 bits per heavy atom. The fraction of sp³-hybridized carbons (Fsp3) is 0.857. The SMILES string of the molecule is CCOC1CC(CC(NN)C2=CCCCC2)C1. The van der Waals surface area contributed by atoms with E-state index in [0.717, 1.165) is 12.5 Å². The van der Waals surface area contributed by atoms with Gasteiger partial charge in [-0.05, 0) is 57.8 Å². The Balaban J connectivity index is 1.75. The van der Waals surface area contributed by atoms with Crippen molar-refractivity contribution in [2.75, 3.05) is 6.61 Å². The molecule has 98 valence electrons. The number of hydrogen-bond donors (Lipinski definition) is 2. The lowest BCUT2D eigenvalue weighted by Crippen LogP contribution is -2.42. The average molecular weight is 238 g/mol. The first kappa shape index (κ1) is 13.1. The third-order valence-corrected chi connectivity index (χ3v) is 4.14. The Labute approximate surface area is 105 Å². The summed E-state index contributed by atoms with van der Waals surface area (Å²) in [6.45, 7) is 2.92. The molecule has 1 atom stereocenters. The molecule has 0 aromatic rings. The van der Waals surface area contributed by atoms with E-state index >= 15 is 0 Å². The second-order valence-electron chi connectivity index (χ2n) is 5.39. The van der Waals surface area contributed by atoms with E-state index in [1.54, 1.807) is 5.57 Å². The van der Waals surface area contributed by atoms with E-state index in [1.165, 1.54) is 44.9 Å². The zero-order chi connectivity index (χ0) is 12.1. The summed E-state index contributed by atoms with van der Waals surface area (Å²) in [6.07, 6.45) is 11.7. The Bertz CT molecular complexity index is 259. The minimum absolute atomic E-state index is 0.405. The third kappa shape index (κ3) is 3.54. The molecule has 2 aliphatic rings. The van der Waals surface area contributed by atoms with Gasteiger partial charge < -0.3 is 4.74 Å². The molecule has 0 aromatic carbocycles. The summed E-state index contributed by atoms with van der Waals surface area (Å²) in [4.78, 5) is 0. The van der Waals surface area contributed by atoms with E-state index in [-0.39, 0.29) is 0 Å². The number of ether oxygens (including phenoxy) is 1. The summed E-state index contributed by atoms with van der Waals surface area (Å²) in [5.41, 5.74) is 4.55. The second-order valence-corrected chi connectivity index (χ2v) is 5.39. The maximum Gasteiger partial charge on any atom is 0.0580 e. The number of rotatable bonds is 6. The maximum absolute atomic E-state index is 5.70. The van der Waals surface area contributed by atoms with Crippen LogP contribution in [-0.2, 0) is 4.74 Å². The van der Waals surface area contributed by atoms with Crippen LogP contribution in [0, 0.1) is 5.92 Å². The van der Waals surface area contributed by atoms with E-state index in [9.17, 15) is 0 Å². The topological polar surface area (TPSA) is 47.3 Å². The molecule has 0 bridgehead atoms. The van der Waals surface area contributed by atoms with Gasteiger partial charge in [-0.3, -0.25) is 11.3 Å². The molecule has 0 heterocycles. The van der Waals surface area contributed by atoms with Crippen LogP contribution in [0.3, 0.4) is 0 Å². The molecule has 0 amide bonds. The average Bonchev–Trinajstić information content (AvgIpc) is 2.33. The van der Waals surface area contributed by atoms with Gasteiger partial charge in [-0.25, -0.2) is 0 Å². The van der Waals surface area contributed by atoms with E-state index < -0.39 is 0 Å². The summed E-state index contributed by atoms with van der Waals surface area (Å²) >= 11 is 0. The van der Waals surface area contributed by atoms with Crippen LogP contribution >= 0.6 is 0 Å². The van der Waals surface area contributed by atoms with Crippen molar-refractivity contribution in [3.8, 4) is 0 Å². The van der Waals surface area contributed by atoms with E-state index in [4.69, 9.17) is 10.6 Å². The van der Waals surface area contributed by atoms with Crippen LogP contribution in [-0.4, -0.2) is 18.8 Å². The molecule has 3 N–H and O–H groups in total. The van der Waals surface area contributed by atoms with Crippen LogP contribution < -0.4 is 11.3 Å². The summed E-state index contributed by atoms with van der Waals surface area (Å²) in [5, 5.41) is 0. The molecular formula is C14H26N2O. The van der Waals surface area contributed by atoms with Crippen LogP contribution in [0.5, 0.6) is 0 Å². The van der Waals surface area contributed by atoms with Crippen molar-refractivity contribution in [2.24, 2.45) is 11.8 Å². The maximum atomic E-state index is 5.70. The first-order valence-corrected chi connectivity index (χ1v) is 7.10. The largest absolute Gasteiger partial charge is 0.378 e. The zero-order valence-electron chi connectivity index (χ0n) is 11.0. The lowest BCUT2D eigenvalue weighted by atomic mass is 9.76. The normalized spacial score (nSPS) is 30.6. The van der Waals surface area contributed by atoms with Gasteiger partial charge in [0, 0.05) is 12.6 Å². The molecule has 0 aliphatic heterocycles. The molecular weight excluding hydrogens is 212 g/mol. The molecule has 1 fully saturated rings. The second kappa shape index (κ2) is 6.53. The highest BCUT2D eigenvalue weighted by molar-refractivity contribution is 5.13. The lowest BCUT2D eigenvalue weighted by molar-refractivity contribution is -0.0282. The van der Waals surface area contributed by atoms with Crippen LogP contribution in [0.4, 0.5) is 0 Å². The quantitative estimate of drug-likeness (QED) is 0.425. The molecule has 0 radical (unpaired) electrons. The Hall–Kier alpha value is -0.380. The molecule has 1 saturated carbocycles.